The van der Waals surface area contributed by atoms with E-state index in [-0.39, 0.29) is 17.9 Å². The Bertz CT molecular complexity index is 593. The zero-order valence-electron chi connectivity index (χ0n) is 15.1. The third-order valence-electron chi connectivity index (χ3n) is 5.29. The van der Waals surface area contributed by atoms with Crippen molar-refractivity contribution >= 4 is 11.8 Å². The first-order chi connectivity index (χ1) is 12.1. The lowest BCUT2D eigenvalue weighted by Crippen LogP contribution is -2.47. The lowest BCUT2D eigenvalue weighted by molar-refractivity contribution is -0.132. The zero-order chi connectivity index (χ0) is 17.6. The number of rotatable bonds is 5. The van der Waals surface area contributed by atoms with Crippen LogP contribution in [0.2, 0.25) is 0 Å². The van der Waals surface area contributed by atoms with Crippen LogP contribution in [0.15, 0.2) is 24.3 Å². The van der Waals surface area contributed by atoms with Crippen LogP contribution in [-0.4, -0.2) is 48.9 Å². The van der Waals surface area contributed by atoms with Gasteiger partial charge in [0.15, 0.2) is 0 Å². The van der Waals surface area contributed by atoms with Gasteiger partial charge < -0.3 is 15.5 Å². The molecule has 1 aromatic rings. The van der Waals surface area contributed by atoms with Crippen LogP contribution >= 0.6 is 0 Å². The van der Waals surface area contributed by atoms with Gasteiger partial charge in [0, 0.05) is 19.6 Å². The average Bonchev–Trinajstić information content (AvgIpc) is 3.16. The van der Waals surface area contributed by atoms with E-state index < -0.39 is 0 Å². The first kappa shape index (κ1) is 17.9. The number of hydrogen-bond acceptors (Lipinski definition) is 3. The number of nitrogens with zero attached hydrogens (tertiary/aromatic N) is 1. The van der Waals surface area contributed by atoms with Crippen LogP contribution in [0.1, 0.15) is 36.8 Å². The van der Waals surface area contributed by atoms with Crippen LogP contribution in [0, 0.1) is 12.8 Å². The summed E-state index contributed by atoms with van der Waals surface area (Å²) in [7, 11) is 0. The summed E-state index contributed by atoms with van der Waals surface area (Å²) in [5, 5.41) is 6.30. The largest absolute Gasteiger partial charge is 0.354 e. The molecule has 2 heterocycles. The van der Waals surface area contributed by atoms with Gasteiger partial charge >= 0.3 is 0 Å². The summed E-state index contributed by atoms with van der Waals surface area (Å²) in [6, 6.07) is 8.14. The first-order valence-electron chi connectivity index (χ1n) is 9.46. The standard InChI is InChI=1S/C20H29N3O2/c1-15-6-8-16(9-7-15)12-19(24)23-11-3-4-17(14-23)13-22-20(25)18-5-2-10-21-18/h6-9,17-18,21H,2-5,10-14H2,1H3,(H,22,25). The van der Waals surface area contributed by atoms with Crippen molar-refractivity contribution in [2.75, 3.05) is 26.2 Å². The highest BCUT2D eigenvalue weighted by molar-refractivity contribution is 5.82. The summed E-state index contributed by atoms with van der Waals surface area (Å²) in [6.07, 6.45) is 4.56. The summed E-state index contributed by atoms with van der Waals surface area (Å²) >= 11 is 0. The fourth-order valence-electron chi connectivity index (χ4n) is 3.73. The van der Waals surface area contributed by atoms with Gasteiger partial charge in [0.05, 0.1) is 12.5 Å². The summed E-state index contributed by atoms with van der Waals surface area (Å²) in [5.41, 5.74) is 2.28. The topological polar surface area (TPSA) is 61.4 Å². The number of aryl methyl sites for hydroxylation is 1. The van der Waals surface area contributed by atoms with Crippen molar-refractivity contribution in [3.63, 3.8) is 0 Å². The zero-order valence-corrected chi connectivity index (χ0v) is 15.1. The van der Waals surface area contributed by atoms with Gasteiger partial charge in [-0.05, 0) is 50.6 Å². The molecule has 136 valence electrons. The highest BCUT2D eigenvalue weighted by Crippen LogP contribution is 2.17. The minimum atomic E-state index is -0.0251. The van der Waals surface area contributed by atoms with Gasteiger partial charge in [0.25, 0.3) is 0 Å². The van der Waals surface area contributed by atoms with Crippen molar-refractivity contribution in [3.05, 3.63) is 35.4 Å². The molecule has 3 rings (SSSR count). The molecule has 0 saturated carbocycles. The molecule has 25 heavy (non-hydrogen) atoms. The van der Waals surface area contributed by atoms with Crippen molar-refractivity contribution in [2.45, 2.75) is 45.1 Å². The smallest absolute Gasteiger partial charge is 0.237 e. The van der Waals surface area contributed by atoms with Crippen LogP contribution in [0.5, 0.6) is 0 Å². The Morgan fingerprint density at radius 3 is 2.72 bits per heavy atom. The summed E-state index contributed by atoms with van der Waals surface area (Å²) in [6.45, 7) is 5.24. The van der Waals surface area contributed by atoms with E-state index in [0.29, 0.717) is 18.9 Å². The first-order valence-corrected chi connectivity index (χ1v) is 9.46. The molecule has 0 bridgehead atoms. The second-order valence-electron chi connectivity index (χ2n) is 7.40. The van der Waals surface area contributed by atoms with Crippen LogP contribution in [-0.2, 0) is 16.0 Å². The third-order valence-corrected chi connectivity index (χ3v) is 5.29. The minimum absolute atomic E-state index is 0.0251. The van der Waals surface area contributed by atoms with E-state index in [1.165, 1.54) is 5.56 Å². The molecular weight excluding hydrogens is 314 g/mol. The number of hydrogen-bond donors (Lipinski definition) is 2. The van der Waals surface area contributed by atoms with Gasteiger partial charge in [-0.15, -0.1) is 0 Å². The Hall–Kier alpha value is -1.88. The maximum Gasteiger partial charge on any atom is 0.237 e. The van der Waals surface area contributed by atoms with Gasteiger partial charge in [-0.3, -0.25) is 9.59 Å². The maximum atomic E-state index is 12.6. The molecule has 0 radical (unpaired) electrons. The summed E-state index contributed by atoms with van der Waals surface area (Å²) < 4.78 is 0. The number of piperidine rings is 1. The molecule has 5 heteroatoms. The molecule has 2 N–H and O–H groups in total. The van der Waals surface area contributed by atoms with Gasteiger partial charge in [0.2, 0.25) is 11.8 Å². The number of carbonyl (C=O) groups is 2. The van der Waals surface area contributed by atoms with Crippen molar-refractivity contribution < 1.29 is 9.59 Å². The molecule has 5 nitrogen and oxygen atoms in total. The molecular formula is C20H29N3O2. The molecule has 2 aliphatic heterocycles. The Balaban J connectivity index is 1.46. The van der Waals surface area contributed by atoms with E-state index in [9.17, 15) is 9.59 Å². The SMILES string of the molecule is Cc1ccc(CC(=O)N2CCCC(CNC(=O)C3CCCN3)C2)cc1. The summed E-state index contributed by atoms with van der Waals surface area (Å²) in [5.74, 6) is 0.666. The Morgan fingerprint density at radius 1 is 1.20 bits per heavy atom. The molecule has 2 unspecified atom stereocenters. The van der Waals surface area contributed by atoms with Crippen LogP contribution in [0.25, 0.3) is 0 Å². The van der Waals surface area contributed by atoms with Crippen LogP contribution < -0.4 is 10.6 Å². The van der Waals surface area contributed by atoms with Gasteiger partial charge in [-0.25, -0.2) is 0 Å². The number of likely N-dealkylation sites (tertiary alicyclic amines) is 1. The fourth-order valence-corrected chi connectivity index (χ4v) is 3.73. The second kappa shape index (κ2) is 8.48. The van der Waals surface area contributed by atoms with Gasteiger partial charge in [-0.1, -0.05) is 29.8 Å². The number of nitrogens with one attached hydrogen (secondary N) is 2. The van der Waals surface area contributed by atoms with Crippen molar-refractivity contribution in [2.24, 2.45) is 5.92 Å². The van der Waals surface area contributed by atoms with Crippen molar-refractivity contribution in [1.29, 1.82) is 0 Å². The molecule has 1 aromatic carbocycles. The quantitative estimate of drug-likeness (QED) is 0.854. The van der Waals surface area contributed by atoms with E-state index in [1.807, 2.05) is 29.2 Å². The van der Waals surface area contributed by atoms with Crippen LogP contribution in [0.4, 0.5) is 0 Å². The number of benzene rings is 1. The van der Waals surface area contributed by atoms with E-state index in [1.54, 1.807) is 0 Å². The summed E-state index contributed by atoms with van der Waals surface area (Å²) in [4.78, 5) is 26.7. The molecule has 2 atom stereocenters. The van der Waals surface area contributed by atoms with Crippen LogP contribution in [0.3, 0.4) is 0 Å². The number of carbonyl (C=O) groups excluding carboxylic acids is 2. The molecule has 2 fully saturated rings. The van der Waals surface area contributed by atoms with Crippen molar-refractivity contribution in [1.82, 2.24) is 15.5 Å². The third kappa shape index (κ3) is 5.05. The normalized spacial score (nSPS) is 23.5. The molecule has 0 aliphatic carbocycles. The predicted molar refractivity (Wildman–Crippen MR) is 98.2 cm³/mol. The Morgan fingerprint density at radius 2 is 2.00 bits per heavy atom. The minimum Gasteiger partial charge on any atom is -0.354 e. The highest BCUT2D eigenvalue weighted by atomic mass is 16.2. The lowest BCUT2D eigenvalue weighted by Gasteiger charge is -2.33. The van der Waals surface area contributed by atoms with Gasteiger partial charge in [0.1, 0.15) is 0 Å². The van der Waals surface area contributed by atoms with E-state index in [4.69, 9.17) is 0 Å². The van der Waals surface area contributed by atoms with E-state index >= 15 is 0 Å². The predicted octanol–water partition coefficient (Wildman–Crippen LogP) is 1.64. The molecule has 0 aromatic heterocycles. The second-order valence-corrected chi connectivity index (χ2v) is 7.40. The lowest BCUT2D eigenvalue weighted by atomic mass is 9.97. The Labute approximate surface area is 150 Å². The molecule has 0 spiro atoms. The highest BCUT2D eigenvalue weighted by Gasteiger charge is 2.26. The van der Waals surface area contributed by atoms with Crippen molar-refractivity contribution in [3.8, 4) is 0 Å². The van der Waals surface area contributed by atoms with E-state index in [0.717, 1.165) is 50.9 Å². The molecule has 2 aliphatic rings. The fraction of sp³-hybridized carbons (Fsp3) is 0.600. The van der Waals surface area contributed by atoms with E-state index in [2.05, 4.69) is 17.6 Å². The monoisotopic (exact) mass is 343 g/mol. The average molecular weight is 343 g/mol. The Kier molecular flexibility index (Phi) is 6.08. The molecule has 2 amide bonds. The van der Waals surface area contributed by atoms with Gasteiger partial charge in [-0.2, -0.15) is 0 Å². The maximum absolute atomic E-state index is 12.6. The number of amides is 2. The molecule has 2 saturated heterocycles.